The van der Waals surface area contributed by atoms with Gasteiger partial charge in [0.25, 0.3) is 0 Å². The van der Waals surface area contributed by atoms with Crippen LogP contribution in [-0.4, -0.2) is 31.1 Å². The lowest BCUT2D eigenvalue weighted by molar-refractivity contribution is 0.153. The average Bonchev–Trinajstić information content (AvgIpc) is 2.47. The molecule has 1 aliphatic heterocycles. The van der Waals surface area contributed by atoms with E-state index in [0.29, 0.717) is 5.92 Å². The highest BCUT2D eigenvalue weighted by Crippen LogP contribution is 2.28. The molecule has 1 aliphatic rings. The van der Waals surface area contributed by atoms with Crippen LogP contribution in [0.1, 0.15) is 51.5 Å². The van der Waals surface area contributed by atoms with Crippen molar-refractivity contribution >= 4 is 0 Å². The molecule has 1 aromatic rings. The van der Waals surface area contributed by atoms with Gasteiger partial charge in [-0.2, -0.15) is 0 Å². The lowest BCUT2D eigenvalue weighted by Crippen LogP contribution is -2.37. The summed E-state index contributed by atoms with van der Waals surface area (Å²) in [6, 6.07) is 8.50. The van der Waals surface area contributed by atoms with Gasteiger partial charge in [-0.1, -0.05) is 39.0 Å². The van der Waals surface area contributed by atoms with Crippen molar-refractivity contribution in [2.45, 2.75) is 46.0 Å². The fourth-order valence-corrected chi connectivity index (χ4v) is 3.01. The van der Waals surface area contributed by atoms with Gasteiger partial charge in [-0.3, -0.25) is 4.90 Å². The number of rotatable bonds is 6. The topological polar surface area (TPSA) is 12.5 Å². The lowest BCUT2D eigenvalue weighted by Gasteiger charge is -2.30. The van der Waals surface area contributed by atoms with Crippen LogP contribution in [-0.2, 0) is 0 Å². The smallest absolute Gasteiger partial charge is 0.122 e. The van der Waals surface area contributed by atoms with Crippen molar-refractivity contribution in [1.29, 1.82) is 0 Å². The fraction of sp³-hybridized carbons (Fsp3) is 0.667. The molecule has 112 valence electrons. The van der Waals surface area contributed by atoms with Crippen LogP contribution in [0.15, 0.2) is 24.3 Å². The molecule has 0 N–H and O–H groups in total. The molecule has 2 heteroatoms. The molecule has 0 aromatic heterocycles. The maximum Gasteiger partial charge on any atom is 0.122 e. The molecule has 0 aliphatic carbocycles. The summed E-state index contributed by atoms with van der Waals surface area (Å²) in [6.07, 6.45) is 3.88. The van der Waals surface area contributed by atoms with Crippen LogP contribution in [0.2, 0.25) is 0 Å². The predicted molar refractivity (Wildman–Crippen MR) is 85.5 cm³/mol. The van der Waals surface area contributed by atoms with E-state index in [1.807, 2.05) is 0 Å². The number of likely N-dealkylation sites (tertiary alicyclic amines) is 1. The van der Waals surface area contributed by atoms with Crippen molar-refractivity contribution < 1.29 is 4.74 Å². The zero-order valence-electron chi connectivity index (χ0n) is 13.3. The molecule has 0 bridgehead atoms. The van der Waals surface area contributed by atoms with Crippen LogP contribution < -0.4 is 4.74 Å². The SMILES string of the molecule is CC[C@@H](C)c1ccccc1OCCN1CCC[C@@H](C)C1. The predicted octanol–water partition coefficient (Wildman–Crippen LogP) is 4.31. The molecular formula is C18H29NO. The molecule has 1 aromatic carbocycles. The van der Waals surface area contributed by atoms with Gasteiger partial charge in [0.05, 0.1) is 0 Å². The zero-order valence-corrected chi connectivity index (χ0v) is 13.3. The molecule has 2 nitrogen and oxygen atoms in total. The van der Waals surface area contributed by atoms with E-state index >= 15 is 0 Å². The normalized spacial score (nSPS) is 21.6. The van der Waals surface area contributed by atoms with Gasteiger partial charge in [-0.15, -0.1) is 0 Å². The molecule has 20 heavy (non-hydrogen) atoms. The maximum atomic E-state index is 6.06. The summed E-state index contributed by atoms with van der Waals surface area (Å²) in [7, 11) is 0. The van der Waals surface area contributed by atoms with Gasteiger partial charge in [0.1, 0.15) is 12.4 Å². The Bertz CT molecular complexity index is 404. The Morgan fingerprint density at radius 1 is 1.35 bits per heavy atom. The first-order valence-corrected chi connectivity index (χ1v) is 8.14. The molecule has 0 unspecified atom stereocenters. The standard InChI is InChI=1S/C18H29NO/c1-4-16(3)17-9-5-6-10-18(17)20-13-12-19-11-7-8-15(2)14-19/h5-6,9-10,15-16H,4,7-8,11-14H2,1-3H3/t15-,16-/m1/s1. The molecule has 0 saturated carbocycles. The second-order valence-corrected chi connectivity index (χ2v) is 6.24. The quantitative estimate of drug-likeness (QED) is 0.767. The Balaban J connectivity index is 1.84. The third-order valence-electron chi connectivity index (χ3n) is 4.47. The van der Waals surface area contributed by atoms with Gasteiger partial charge in [-0.05, 0) is 49.3 Å². The summed E-state index contributed by atoms with van der Waals surface area (Å²) < 4.78 is 6.06. The first-order chi connectivity index (χ1) is 9.70. The zero-order chi connectivity index (χ0) is 14.4. The van der Waals surface area contributed by atoms with Gasteiger partial charge in [0.15, 0.2) is 0 Å². The van der Waals surface area contributed by atoms with Gasteiger partial charge in [0.2, 0.25) is 0 Å². The van der Waals surface area contributed by atoms with Crippen LogP contribution in [0.5, 0.6) is 5.75 Å². The number of hydrogen-bond acceptors (Lipinski definition) is 2. The molecular weight excluding hydrogens is 246 g/mol. The summed E-state index contributed by atoms with van der Waals surface area (Å²) >= 11 is 0. The number of nitrogens with zero attached hydrogens (tertiary/aromatic N) is 1. The molecule has 2 atom stereocenters. The Kier molecular flexibility index (Phi) is 5.90. The maximum absolute atomic E-state index is 6.06. The summed E-state index contributed by atoms with van der Waals surface area (Å²) in [6.45, 7) is 11.2. The minimum atomic E-state index is 0.571. The second-order valence-electron chi connectivity index (χ2n) is 6.24. The van der Waals surface area contributed by atoms with Crippen LogP contribution in [0, 0.1) is 5.92 Å². The van der Waals surface area contributed by atoms with Crippen LogP contribution in [0.25, 0.3) is 0 Å². The first kappa shape index (κ1) is 15.4. The van der Waals surface area contributed by atoms with E-state index in [0.717, 1.165) is 31.2 Å². The van der Waals surface area contributed by atoms with E-state index in [4.69, 9.17) is 4.74 Å². The highest BCUT2D eigenvalue weighted by molar-refractivity contribution is 5.35. The summed E-state index contributed by atoms with van der Waals surface area (Å²) in [5.74, 6) is 2.49. The van der Waals surface area contributed by atoms with Gasteiger partial charge in [0, 0.05) is 13.1 Å². The Morgan fingerprint density at radius 3 is 2.90 bits per heavy atom. The molecule has 0 radical (unpaired) electrons. The number of hydrogen-bond donors (Lipinski definition) is 0. The van der Waals surface area contributed by atoms with Crippen molar-refractivity contribution in [1.82, 2.24) is 4.90 Å². The van der Waals surface area contributed by atoms with Crippen molar-refractivity contribution in [3.63, 3.8) is 0 Å². The Labute approximate surface area is 124 Å². The van der Waals surface area contributed by atoms with Gasteiger partial charge in [-0.25, -0.2) is 0 Å². The minimum Gasteiger partial charge on any atom is -0.492 e. The number of benzene rings is 1. The molecule has 1 saturated heterocycles. The van der Waals surface area contributed by atoms with Crippen molar-refractivity contribution in [2.75, 3.05) is 26.2 Å². The van der Waals surface area contributed by atoms with Crippen LogP contribution in [0.4, 0.5) is 0 Å². The summed E-state index contributed by atoms with van der Waals surface area (Å²) in [5, 5.41) is 0. The van der Waals surface area contributed by atoms with E-state index in [9.17, 15) is 0 Å². The van der Waals surface area contributed by atoms with E-state index < -0.39 is 0 Å². The molecule has 1 fully saturated rings. The largest absolute Gasteiger partial charge is 0.492 e. The van der Waals surface area contributed by atoms with Crippen molar-refractivity contribution in [3.8, 4) is 5.75 Å². The average molecular weight is 275 g/mol. The van der Waals surface area contributed by atoms with E-state index in [1.54, 1.807) is 0 Å². The minimum absolute atomic E-state index is 0.571. The van der Waals surface area contributed by atoms with E-state index in [2.05, 4.69) is 49.9 Å². The summed E-state index contributed by atoms with van der Waals surface area (Å²) in [4.78, 5) is 2.54. The molecule has 2 rings (SSSR count). The second kappa shape index (κ2) is 7.68. The van der Waals surface area contributed by atoms with Gasteiger partial charge < -0.3 is 4.74 Å². The first-order valence-electron chi connectivity index (χ1n) is 8.14. The van der Waals surface area contributed by atoms with Crippen molar-refractivity contribution in [3.05, 3.63) is 29.8 Å². The molecule has 0 amide bonds. The number of piperidine rings is 1. The van der Waals surface area contributed by atoms with E-state index in [1.165, 1.54) is 31.5 Å². The van der Waals surface area contributed by atoms with Crippen LogP contribution >= 0.6 is 0 Å². The summed E-state index contributed by atoms with van der Waals surface area (Å²) in [5.41, 5.74) is 1.35. The lowest BCUT2D eigenvalue weighted by atomic mass is 9.98. The highest BCUT2D eigenvalue weighted by Gasteiger charge is 2.16. The molecule has 0 spiro atoms. The highest BCUT2D eigenvalue weighted by atomic mass is 16.5. The third kappa shape index (κ3) is 4.24. The monoisotopic (exact) mass is 275 g/mol. The van der Waals surface area contributed by atoms with E-state index in [-0.39, 0.29) is 0 Å². The molecule has 1 heterocycles. The Hall–Kier alpha value is -1.02. The number of ether oxygens (including phenoxy) is 1. The Morgan fingerprint density at radius 2 is 2.15 bits per heavy atom. The van der Waals surface area contributed by atoms with Crippen molar-refractivity contribution in [2.24, 2.45) is 5.92 Å². The third-order valence-corrected chi connectivity index (χ3v) is 4.47. The number of para-hydroxylation sites is 1. The van der Waals surface area contributed by atoms with Crippen LogP contribution in [0.3, 0.4) is 0 Å². The fourth-order valence-electron chi connectivity index (χ4n) is 3.01. The van der Waals surface area contributed by atoms with Gasteiger partial charge >= 0.3 is 0 Å².